The van der Waals surface area contributed by atoms with Crippen LogP contribution in [-0.2, 0) is 10.1 Å². The zero-order valence-electron chi connectivity index (χ0n) is 16.4. The molecule has 3 aromatic carbocycles. The number of aromatic nitrogens is 1. The minimum Gasteiger partial charge on any atom is -0.378 e. The van der Waals surface area contributed by atoms with Crippen molar-refractivity contribution in [1.29, 1.82) is 0 Å². The van der Waals surface area contributed by atoms with E-state index in [4.69, 9.17) is 4.18 Å². The van der Waals surface area contributed by atoms with Crippen molar-refractivity contribution in [3.8, 4) is 5.75 Å². The van der Waals surface area contributed by atoms with Gasteiger partial charge < -0.3 is 9.50 Å². The average Bonchev–Trinajstić information content (AvgIpc) is 2.76. The lowest BCUT2D eigenvalue weighted by atomic mass is 10.1. The highest BCUT2D eigenvalue weighted by atomic mass is 79.9. The second-order valence-electron chi connectivity index (χ2n) is 6.80. The number of nitrogens with one attached hydrogen (secondary N) is 1. The molecule has 156 valence electrons. The Morgan fingerprint density at radius 2 is 1.71 bits per heavy atom. The van der Waals surface area contributed by atoms with Crippen molar-refractivity contribution < 1.29 is 17.4 Å². The molecule has 0 aliphatic heterocycles. The molecule has 1 heterocycles. The quantitative estimate of drug-likeness (QED) is 0.377. The van der Waals surface area contributed by atoms with E-state index in [2.05, 4.69) is 26.2 Å². The molecule has 0 spiro atoms. The summed E-state index contributed by atoms with van der Waals surface area (Å²) in [6, 6.07) is 19.9. The lowest BCUT2D eigenvalue weighted by Crippen LogP contribution is -2.14. The van der Waals surface area contributed by atoms with Crippen molar-refractivity contribution in [2.75, 3.05) is 5.32 Å². The van der Waals surface area contributed by atoms with Crippen molar-refractivity contribution >= 4 is 48.5 Å². The fourth-order valence-corrected chi connectivity index (χ4v) is 4.44. The summed E-state index contributed by atoms with van der Waals surface area (Å²) in [4.78, 5) is 17.1. The van der Waals surface area contributed by atoms with Crippen molar-refractivity contribution in [2.45, 2.75) is 11.8 Å². The summed E-state index contributed by atoms with van der Waals surface area (Å²) in [5.74, 6) is -0.192. The number of amides is 1. The summed E-state index contributed by atoms with van der Waals surface area (Å²) >= 11 is 3.37. The second kappa shape index (κ2) is 8.49. The average molecular weight is 497 g/mol. The topological polar surface area (TPSA) is 85.4 Å². The molecule has 0 fully saturated rings. The zero-order valence-corrected chi connectivity index (χ0v) is 18.8. The molecule has 31 heavy (non-hydrogen) atoms. The first-order valence-corrected chi connectivity index (χ1v) is 11.5. The van der Waals surface area contributed by atoms with Crippen molar-refractivity contribution in [2.24, 2.45) is 0 Å². The van der Waals surface area contributed by atoms with Gasteiger partial charge in [-0.05, 0) is 71.4 Å². The van der Waals surface area contributed by atoms with Gasteiger partial charge in [0, 0.05) is 16.1 Å². The van der Waals surface area contributed by atoms with E-state index < -0.39 is 10.1 Å². The molecule has 0 radical (unpaired) electrons. The minimum atomic E-state index is -4.03. The molecule has 1 N–H and O–H groups in total. The van der Waals surface area contributed by atoms with Gasteiger partial charge in [0.2, 0.25) is 0 Å². The van der Waals surface area contributed by atoms with Crippen molar-refractivity contribution in [3.63, 3.8) is 0 Å². The summed E-state index contributed by atoms with van der Waals surface area (Å²) < 4.78 is 31.5. The van der Waals surface area contributed by atoms with Crippen LogP contribution in [0.3, 0.4) is 0 Å². The van der Waals surface area contributed by atoms with Gasteiger partial charge in [0.25, 0.3) is 5.91 Å². The normalized spacial score (nSPS) is 11.3. The minimum absolute atomic E-state index is 0.0569. The molecular formula is C23H17BrN2O4S. The number of nitrogens with zero attached hydrogens (tertiary/aromatic N) is 1. The molecule has 0 unspecified atom stereocenters. The number of fused-ring (bicyclic) bond motifs is 1. The largest absolute Gasteiger partial charge is 0.378 e. The maximum atomic E-state index is 12.7. The smallest absolute Gasteiger partial charge is 0.339 e. The van der Waals surface area contributed by atoms with E-state index in [0.29, 0.717) is 26.6 Å². The van der Waals surface area contributed by atoms with Crippen LogP contribution in [0.4, 0.5) is 5.69 Å². The Bertz CT molecular complexity index is 1390. The molecule has 0 aliphatic rings. The number of carbonyl (C=O) groups excluding carboxylic acids is 1. The first kappa shape index (κ1) is 21.0. The second-order valence-corrected chi connectivity index (χ2v) is 9.20. The SMILES string of the molecule is Cc1ccc(S(=O)(=O)Oc2ccc(NC(=O)c3ccccc3Br)c3ncccc23)cc1. The first-order valence-electron chi connectivity index (χ1n) is 9.30. The van der Waals surface area contributed by atoms with Crippen LogP contribution < -0.4 is 9.50 Å². The van der Waals surface area contributed by atoms with E-state index >= 15 is 0 Å². The maximum Gasteiger partial charge on any atom is 0.339 e. The van der Waals surface area contributed by atoms with E-state index in [-0.39, 0.29) is 16.6 Å². The molecule has 4 aromatic rings. The number of halogens is 1. The highest BCUT2D eigenvalue weighted by molar-refractivity contribution is 9.10. The number of rotatable bonds is 5. The van der Waals surface area contributed by atoms with Crippen LogP contribution in [0.5, 0.6) is 5.75 Å². The van der Waals surface area contributed by atoms with Crippen LogP contribution in [0.15, 0.2) is 88.4 Å². The number of pyridine rings is 1. The summed E-state index contributed by atoms with van der Waals surface area (Å²) in [5.41, 5.74) is 2.27. The van der Waals surface area contributed by atoms with Crippen LogP contribution in [0.1, 0.15) is 15.9 Å². The number of hydrogen-bond donors (Lipinski definition) is 1. The molecular weight excluding hydrogens is 480 g/mol. The third-order valence-corrected chi connectivity index (χ3v) is 6.55. The van der Waals surface area contributed by atoms with Crippen LogP contribution in [0.25, 0.3) is 10.9 Å². The molecule has 4 rings (SSSR count). The Hall–Kier alpha value is -3.23. The van der Waals surface area contributed by atoms with E-state index in [1.54, 1.807) is 54.7 Å². The Morgan fingerprint density at radius 3 is 2.45 bits per heavy atom. The number of benzene rings is 3. The Balaban J connectivity index is 1.69. The highest BCUT2D eigenvalue weighted by Gasteiger charge is 2.20. The van der Waals surface area contributed by atoms with Gasteiger partial charge in [-0.15, -0.1) is 0 Å². The summed E-state index contributed by atoms with van der Waals surface area (Å²) in [6.07, 6.45) is 1.56. The van der Waals surface area contributed by atoms with E-state index in [9.17, 15) is 13.2 Å². The number of carbonyl (C=O) groups is 1. The Labute approximate surface area is 188 Å². The molecule has 6 nitrogen and oxygen atoms in total. The zero-order chi connectivity index (χ0) is 22.0. The molecule has 1 amide bonds. The monoisotopic (exact) mass is 496 g/mol. The fourth-order valence-electron chi connectivity index (χ4n) is 3.03. The maximum absolute atomic E-state index is 12.7. The standard InChI is InChI=1S/C23H17BrN2O4S/c1-15-8-10-16(11-9-15)31(28,29)30-21-13-12-20(22-18(21)6-4-14-25-22)26-23(27)17-5-2-3-7-19(17)24/h2-14H,1H3,(H,26,27). The van der Waals surface area contributed by atoms with Crippen LogP contribution >= 0.6 is 15.9 Å². The van der Waals surface area contributed by atoms with E-state index in [1.807, 2.05) is 13.0 Å². The summed E-state index contributed by atoms with van der Waals surface area (Å²) in [5, 5.41) is 3.29. The highest BCUT2D eigenvalue weighted by Crippen LogP contribution is 2.32. The molecule has 0 saturated heterocycles. The first-order chi connectivity index (χ1) is 14.8. The summed E-state index contributed by atoms with van der Waals surface area (Å²) in [6.45, 7) is 1.87. The molecule has 1 aromatic heterocycles. The number of anilines is 1. The van der Waals surface area contributed by atoms with Gasteiger partial charge in [0.05, 0.1) is 16.8 Å². The Kier molecular flexibility index (Phi) is 5.75. The van der Waals surface area contributed by atoms with Crippen LogP contribution in [-0.4, -0.2) is 19.3 Å². The fraction of sp³-hybridized carbons (Fsp3) is 0.0435. The number of hydrogen-bond acceptors (Lipinski definition) is 5. The van der Waals surface area contributed by atoms with Crippen LogP contribution in [0.2, 0.25) is 0 Å². The predicted octanol–water partition coefficient (Wildman–Crippen LogP) is 5.33. The van der Waals surface area contributed by atoms with Gasteiger partial charge in [0.1, 0.15) is 4.90 Å². The number of aryl methyl sites for hydroxylation is 1. The van der Waals surface area contributed by atoms with Gasteiger partial charge in [-0.2, -0.15) is 8.42 Å². The summed E-state index contributed by atoms with van der Waals surface area (Å²) in [7, 11) is -4.03. The predicted molar refractivity (Wildman–Crippen MR) is 123 cm³/mol. The molecule has 0 saturated carbocycles. The molecule has 8 heteroatoms. The molecule has 0 aliphatic carbocycles. The van der Waals surface area contributed by atoms with Gasteiger partial charge >= 0.3 is 10.1 Å². The van der Waals surface area contributed by atoms with Crippen molar-refractivity contribution in [3.05, 3.63) is 94.6 Å². The van der Waals surface area contributed by atoms with Gasteiger partial charge in [-0.25, -0.2) is 0 Å². The third kappa shape index (κ3) is 4.45. The van der Waals surface area contributed by atoms with E-state index in [0.717, 1.165) is 5.56 Å². The lowest BCUT2D eigenvalue weighted by molar-refractivity contribution is 0.102. The Morgan fingerprint density at radius 1 is 0.968 bits per heavy atom. The third-order valence-electron chi connectivity index (χ3n) is 4.61. The van der Waals surface area contributed by atoms with Crippen molar-refractivity contribution in [1.82, 2.24) is 4.98 Å². The van der Waals surface area contributed by atoms with Gasteiger partial charge in [-0.3, -0.25) is 9.78 Å². The van der Waals surface area contributed by atoms with Crippen LogP contribution in [0, 0.1) is 6.92 Å². The molecule has 0 atom stereocenters. The van der Waals surface area contributed by atoms with Gasteiger partial charge in [-0.1, -0.05) is 29.8 Å². The van der Waals surface area contributed by atoms with Gasteiger partial charge in [0.15, 0.2) is 5.75 Å². The lowest BCUT2D eigenvalue weighted by Gasteiger charge is -2.13. The van der Waals surface area contributed by atoms with E-state index in [1.165, 1.54) is 18.2 Å². The molecule has 0 bridgehead atoms.